The van der Waals surface area contributed by atoms with Gasteiger partial charge in [0, 0.05) is 41.8 Å². The summed E-state index contributed by atoms with van der Waals surface area (Å²) in [6, 6.07) is 25.0. The molecule has 6 bridgehead atoms. The first-order chi connectivity index (χ1) is 26.1. The predicted molar refractivity (Wildman–Crippen MR) is 211 cm³/mol. The van der Waals surface area contributed by atoms with Gasteiger partial charge in [-0.2, -0.15) is 0 Å². The lowest BCUT2D eigenvalue weighted by Gasteiger charge is -2.38. The number of ether oxygens (including phenoxy) is 5. The molecule has 5 aromatic carbocycles. The van der Waals surface area contributed by atoms with E-state index in [9.17, 15) is 4.79 Å². The molecular weight excluding hydrogens is 723 g/mol. The number of nitrogens with zero attached hydrogens (tertiary/aromatic N) is 2. The number of methoxy groups -OCH3 is 2. The number of aryl methyl sites for hydroxylation is 1. The van der Waals surface area contributed by atoms with Crippen LogP contribution < -0.4 is 23.7 Å². The monoisotopic (exact) mass is 764 g/mol. The van der Waals surface area contributed by atoms with Gasteiger partial charge in [-0.15, -0.1) is 0 Å². The van der Waals surface area contributed by atoms with Gasteiger partial charge >= 0.3 is 5.97 Å². The molecule has 4 heterocycles. The van der Waals surface area contributed by atoms with Crippen molar-refractivity contribution in [3.05, 3.63) is 133 Å². The Labute approximate surface area is 326 Å². The van der Waals surface area contributed by atoms with Gasteiger partial charge in [-0.25, -0.2) is 4.79 Å². The molecule has 54 heavy (non-hydrogen) atoms. The molecule has 0 fully saturated rings. The lowest BCUT2D eigenvalue weighted by atomic mass is 9.86. The fourth-order valence-corrected chi connectivity index (χ4v) is 8.62. The van der Waals surface area contributed by atoms with E-state index in [1.165, 1.54) is 23.8 Å². The van der Waals surface area contributed by atoms with Gasteiger partial charge in [0.2, 0.25) is 5.75 Å². The van der Waals surface area contributed by atoms with Crippen molar-refractivity contribution in [2.75, 3.05) is 41.4 Å². The van der Waals surface area contributed by atoms with Crippen LogP contribution >= 0.6 is 23.2 Å². The van der Waals surface area contributed by atoms with Crippen LogP contribution in [0.5, 0.6) is 40.2 Å². The summed E-state index contributed by atoms with van der Waals surface area (Å²) in [7, 11) is 7.37. The van der Waals surface area contributed by atoms with Crippen LogP contribution in [0.25, 0.3) is 0 Å². The largest absolute Gasteiger partial charge is 0.493 e. The minimum Gasteiger partial charge on any atom is -0.493 e. The highest BCUT2D eigenvalue weighted by atomic mass is 35.5. The van der Waals surface area contributed by atoms with Crippen molar-refractivity contribution in [1.82, 2.24) is 9.80 Å². The lowest BCUT2D eigenvalue weighted by molar-refractivity contribution is 0.0724. The second-order valence-electron chi connectivity index (χ2n) is 14.3. The smallest absolute Gasteiger partial charge is 0.343 e. The van der Waals surface area contributed by atoms with Crippen molar-refractivity contribution in [3.8, 4) is 40.2 Å². The Morgan fingerprint density at radius 2 is 1.52 bits per heavy atom. The van der Waals surface area contributed by atoms with Crippen LogP contribution in [0.15, 0.2) is 78.9 Å². The molecule has 0 amide bonds. The fourth-order valence-electron chi connectivity index (χ4n) is 8.03. The molecule has 0 N–H and O–H groups in total. The summed E-state index contributed by atoms with van der Waals surface area (Å²) in [4.78, 5) is 18.5. The Kier molecular flexibility index (Phi) is 9.96. The van der Waals surface area contributed by atoms with Gasteiger partial charge in [-0.05, 0) is 116 Å². The first kappa shape index (κ1) is 36.3. The molecule has 0 spiro atoms. The number of fused-ring (bicyclic) bond motifs is 2. The molecular formula is C44H42Cl2N2O6. The number of esters is 1. The zero-order chi connectivity index (χ0) is 37.7. The molecule has 0 aliphatic carbocycles. The first-order valence-corrected chi connectivity index (χ1v) is 18.9. The maximum atomic E-state index is 13.8. The summed E-state index contributed by atoms with van der Waals surface area (Å²) in [5, 5.41) is 0.913. The number of carbonyl (C=O) groups excluding carboxylic acids is 1. The van der Waals surface area contributed by atoms with Crippen molar-refractivity contribution >= 4 is 29.2 Å². The van der Waals surface area contributed by atoms with Gasteiger partial charge in [-0.3, -0.25) is 9.80 Å². The summed E-state index contributed by atoms with van der Waals surface area (Å²) in [6.07, 6.45) is 2.80. The van der Waals surface area contributed by atoms with Gasteiger partial charge in [0.05, 0.1) is 24.8 Å². The van der Waals surface area contributed by atoms with E-state index in [-0.39, 0.29) is 23.6 Å². The van der Waals surface area contributed by atoms with Crippen molar-refractivity contribution in [3.63, 3.8) is 0 Å². The third kappa shape index (κ3) is 6.66. The SMILES string of the molecule is COc1cc(Cl)c2cc1Oc1ccc(cc1)C[C@H]1c3cc(c(C)cc3CCN1C)Oc1c(OC(=O)c3ccccc3)c(OC)c(Cl)c3c1[C@H](C2)N(C)CC3. The molecule has 0 saturated heterocycles. The number of carbonyl (C=O) groups is 1. The van der Waals surface area contributed by atoms with Gasteiger partial charge in [0.1, 0.15) is 11.5 Å². The Bertz CT molecular complexity index is 2240. The zero-order valence-corrected chi connectivity index (χ0v) is 32.5. The van der Waals surface area contributed by atoms with Crippen LogP contribution in [0.3, 0.4) is 0 Å². The maximum Gasteiger partial charge on any atom is 0.343 e. The molecule has 2 atom stereocenters. The number of likely N-dealkylation sites (N-methyl/N-ethyl adjacent to an activating group) is 2. The Morgan fingerprint density at radius 1 is 0.778 bits per heavy atom. The highest BCUT2D eigenvalue weighted by molar-refractivity contribution is 6.33. The maximum absolute atomic E-state index is 13.8. The molecule has 9 rings (SSSR count). The molecule has 5 aromatic rings. The van der Waals surface area contributed by atoms with Gasteiger partial charge in [0.25, 0.3) is 0 Å². The Morgan fingerprint density at radius 3 is 2.26 bits per heavy atom. The third-order valence-corrected chi connectivity index (χ3v) is 11.8. The van der Waals surface area contributed by atoms with Crippen LogP contribution in [0.1, 0.15) is 61.4 Å². The highest BCUT2D eigenvalue weighted by Gasteiger charge is 2.38. The predicted octanol–water partition coefficient (Wildman–Crippen LogP) is 9.98. The van der Waals surface area contributed by atoms with E-state index in [0.29, 0.717) is 63.7 Å². The number of hydrogen-bond donors (Lipinski definition) is 0. The van der Waals surface area contributed by atoms with Crippen LogP contribution in [0.2, 0.25) is 10.0 Å². The zero-order valence-electron chi connectivity index (χ0n) is 31.0. The average Bonchev–Trinajstić information content (AvgIpc) is 3.17. The highest BCUT2D eigenvalue weighted by Crippen LogP contribution is 2.55. The molecule has 4 aliphatic heterocycles. The molecule has 0 saturated carbocycles. The van der Waals surface area contributed by atoms with E-state index in [4.69, 9.17) is 46.9 Å². The van der Waals surface area contributed by atoms with E-state index in [2.05, 4.69) is 55.1 Å². The first-order valence-electron chi connectivity index (χ1n) is 18.2. The molecule has 0 aromatic heterocycles. The topological polar surface area (TPSA) is 69.7 Å². The van der Waals surface area contributed by atoms with E-state index in [0.717, 1.165) is 41.6 Å². The van der Waals surface area contributed by atoms with Gasteiger partial charge in [-0.1, -0.05) is 59.6 Å². The minimum absolute atomic E-state index is 0.101. The Balaban J connectivity index is 1.39. The molecule has 0 radical (unpaired) electrons. The minimum atomic E-state index is -0.556. The standard InChI is InChI=1S/C44H42Cl2N2O6/c1-25-19-28-15-17-47(2)34-20-26-11-13-30(14-12-26)52-38-22-29(33(45)24-37(38)50-4)21-35-39-31(16-18-48(35)3)40(46)42(51-5)43(41(39)53-36(25)23-32(28)34)54-44(49)27-9-7-6-8-10-27/h6-14,19,22-24,34-35H,15-18,20-21H2,1-5H3/t34-,35-/m0/s1. The number of benzene rings is 5. The van der Waals surface area contributed by atoms with E-state index in [1.54, 1.807) is 37.4 Å². The summed E-state index contributed by atoms with van der Waals surface area (Å²) >= 11 is 14.3. The molecule has 0 unspecified atom stereocenters. The molecule has 4 aliphatic rings. The van der Waals surface area contributed by atoms with Crippen LogP contribution in [0, 0.1) is 6.92 Å². The second kappa shape index (κ2) is 14.8. The van der Waals surface area contributed by atoms with Crippen LogP contribution in [-0.4, -0.2) is 57.2 Å². The second-order valence-corrected chi connectivity index (χ2v) is 15.1. The molecule has 10 heteroatoms. The number of hydrogen-bond acceptors (Lipinski definition) is 8. The quantitative estimate of drug-likeness (QED) is 0.132. The number of halogens is 2. The Hall–Kier alpha value is -4.73. The van der Waals surface area contributed by atoms with Crippen LogP contribution in [-0.2, 0) is 25.7 Å². The van der Waals surface area contributed by atoms with E-state index >= 15 is 0 Å². The molecule has 278 valence electrons. The summed E-state index contributed by atoms with van der Waals surface area (Å²) in [5.41, 5.74) is 7.54. The van der Waals surface area contributed by atoms with Crippen molar-refractivity contribution in [2.45, 2.75) is 44.7 Å². The van der Waals surface area contributed by atoms with Gasteiger partial charge < -0.3 is 23.7 Å². The van der Waals surface area contributed by atoms with Crippen LogP contribution in [0.4, 0.5) is 0 Å². The van der Waals surface area contributed by atoms with E-state index in [1.807, 2.05) is 24.3 Å². The fraction of sp³-hybridized carbons (Fsp3) is 0.295. The molecule has 8 nitrogen and oxygen atoms in total. The number of rotatable bonds is 4. The normalized spacial score (nSPS) is 18.1. The van der Waals surface area contributed by atoms with Crippen molar-refractivity contribution < 1.29 is 28.5 Å². The summed E-state index contributed by atoms with van der Waals surface area (Å²) in [6.45, 7) is 3.70. The van der Waals surface area contributed by atoms with Crippen molar-refractivity contribution in [2.24, 2.45) is 0 Å². The third-order valence-electron chi connectivity index (χ3n) is 11.0. The summed E-state index contributed by atoms with van der Waals surface area (Å²) < 4.78 is 31.6. The lowest BCUT2D eigenvalue weighted by Crippen LogP contribution is -2.34. The van der Waals surface area contributed by atoms with E-state index < -0.39 is 5.97 Å². The summed E-state index contributed by atoms with van der Waals surface area (Å²) in [5.74, 6) is 2.63. The average molecular weight is 766 g/mol. The van der Waals surface area contributed by atoms with Gasteiger partial charge in [0.15, 0.2) is 23.0 Å². The van der Waals surface area contributed by atoms with Crippen molar-refractivity contribution in [1.29, 1.82) is 0 Å².